The van der Waals surface area contributed by atoms with Gasteiger partial charge in [0.25, 0.3) is 0 Å². The molecule has 0 bridgehead atoms. The maximum absolute atomic E-state index is 11.7. The van der Waals surface area contributed by atoms with Gasteiger partial charge in [-0.25, -0.2) is 8.42 Å². The van der Waals surface area contributed by atoms with Crippen molar-refractivity contribution in [1.82, 2.24) is 0 Å². The lowest BCUT2D eigenvalue weighted by Crippen LogP contribution is -2.20. The molecule has 0 aromatic heterocycles. The molecule has 0 heterocycles. The summed E-state index contributed by atoms with van der Waals surface area (Å²) < 4.78 is 23.4. The van der Waals surface area contributed by atoms with Gasteiger partial charge in [0.05, 0.1) is 11.5 Å². The lowest BCUT2D eigenvalue weighted by Gasteiger charge is -2.24. The van der Waals surface area contributed by atoms with Gasteiger partial charge in [0.1, 0.15) is 15.6 Å². The second-order valence-electron chi connectivity index (χ2n) is 39.6. The second-order valence-corrected chi connectivity index (χ2v) is 43.1. The fraction of sp³-hybridized carbons (Fsp3) is 0.885. The van der Waals surface area contributed by atoms with E-state index in [1.54, 1.807) is 0 Å². The number of ketones is 1. The summed E-state index contributed by atoms with van der Waals surface area (Å²) in [6.07, 6.45) is 24.2. The van der Waals surface area contributed by atoms with Gasteiger partial charge in [-0.3, -0.25) is 4.79 Å². The van der Waals surface area contributed by atoms with Gasteiger partial charge in [-0.15, -0.1) is 0 Å². The van der Waals surface area contributed by atoms with E-state index in [0.717, 1.165) is 25.7 Å². The lowest BCUT2D eigenvalue weighted by molar-refractivity contribution is -0.121. The Kier molecular flexibility index (Phi) is 43.5. The largest absolute Gasteiger partial charge is 0.300 e. The first kappa shape index (κ1) is 90.7. The highest BCUT2D eigenvalue weighted by Gasteiger charge is 2.22. The van der Waals surface area contributed by atoms with E-state index in [9.17, 15) is 13.2 Å². The predicted molar refractivity (Wildman–Crippen MR) is 387 cm³/mol. The Morgan fingerprint density at radius 1 is 0.349 bits per heavy atom. The zero-order valence-electron chi connectivity index (χ0n) is 63.9. The number of allylic oxidation sites excluding steroid dienone is 2. The highest BCUT2D eigenvalue weighted by atomic mass is 32.2. The van der Waals surface area contributed by atoms with E-state index >= 15 is 0 Å². The maximum atomic E-state index is 11.7. The van der Waals surface area contributed by atoms with Crippen molar-refractivity contribution < 1.29 is 13.2 Å². The SMILES string of the molecule is CC(C)(C)CC/C=C\CCC(C)(C)C.CC(C)(C)CCC(=O)CC(C)(C)C.CC(C)(C)CCCCC(C)(C)C.CC(C)(C)CCS(=O)(=O)CCC(C)(C)C.CC(C)(C)CCSCCC(C)(C)C.CC(C)(C)Cc1ccccc1CC(C)(C)C. The molecule has 0 amide bonds. The van der Waals surface area contributed by atoms with E-state index in [0.29, 0.717) is 67.0 Å². The zero-order chi connectivity index (χ0) is 67.0. The molecular formula is C78H156O3S2. The molecule has 498 valence electrons. The Bertz CT molecular complexity index is 1780. The monoisotopic (exact) mass is 1210 g/mol. The average Bonchev–Trinajstić information content (AvgIpc) is 3.19. The topological polar surface area (TPSA) is 51.2 Å². The van der Waals surface area contributed by atoms with E-state index in [1.807, 2.05) is 0 Å². The van der Waals surface area contributed by atoms with Crippen LogP contribution < -0.4 is 0 Å². The highest BCUT2D eigenvalue weighted by molar-refractivity contribution is 7.99. The molecule has 1 aromatic rings. The van der Waals surface area contributed by atoms with Crippen molar-refractivity contribution in [3.63, 3.8) is 0 Å². The molecule has 5 heteroatoms. The van der Waals surface area contributed by atoms with Gasteiger partial charge in [-0.1, -0.05) is 299 Å². The summed E-state index contributed by atoms with van der Waals surface area (Å²) in [6, 6.07) is 8.89. The third kappa shape index (κ3) is 89.8. The minimum atomic E-state index is -2.85. The molecule has 0 radical (unpaired) electrons. The molecule has 0 saturated heterocycles. The Balaban J connectivity index is -0.000000294. The summed E-state index contributed by atoms with van der Waals surface area (Å²) in [5.41, 5.74) is 7.45. The molecule has 0 aliphatic rings. The number of Topliss-reactive ketones (excluding diaryl/α,β-unsaturated/α-hetero) is 1. The lowest BCUT2D eigenvalue weighted by atomic mass is 9.81. The molecule has 0 saturated carbocycles. The van der Waals surface area contributed by atoms with Gasteiger partial charge < -0.3 is 0 Å². The van der Waals surface area contributed by atoms with Crippen LogP contribution >= 0.6 is 11.8 Å². The van der Waals surface area contributed by atoms with Gasteiger partial charge in [0.15, 0.2) is 0 Å². The first-order valence-corrected chi connectivity index (χ1v) is 36.3. The summed E-state index contributed by atoms with van der Waals surface area (Å²) >= 11 is 2.11. The summed E-state index contributed by atoms with van der Waals surface area (Å²) in [5, 5.41) is 0. The van der Waals surface area contributed by atoms with Gasteiger partial charge in [0, 0.05) is 12.8 Å². The number of unbranched alkanes of at least 4 members (excludes halogenated alkanes) is 1. The van der Waals surface area contributed by atoms with Gasteiger partial charge in [-0.05, 0) is 171 Å². The van der Waals surface area contributed by atoms with Crippen LogP contribution in [-0.4, -0.2) is 37.2 Å². The number of hydrogen-bond donors (Lipinski definition) is 0. The summed E-state index contributed by atoms with van der Waals surface area (Å²) in [5.74, 6) is 3.70. The van der Waals surface area contributed by atoms with Crippen LogP contribution in [0.2, 0.25) is 0 Å². The Morgan fingerprint density at radius 3 is 0.843 bits per heavy atom. The molecule has 0 aliphatic carbocycles. The Labute approximate surface area is 531 Å². The second kappa shape index (κ2) is 39.8. The minimum absolute atomic E-state index is 0.106. The van der Waals surface area contributed by atoms with Crippen molar-refractivity contribution in [2.45, 2.75) is 358 Å². The van der Waals surface area contributed by atoms with E-state index in [-0.39, 0.29) is 21.7 Å². The molecule has 0 spiro atoms. The fourth-order valence-corrected chi connectivity index (χ4v) is 11.5. The summed E-state index contributed by atoms with van der Waals surface area (Å²) in [6.45, 7) is 80.8. The van der Waals surface area contributed by atoms with Crippen LogP contribution in [0.25, 0.3) is 0 Å². The van der Waals surface area contributed by atoms with Crippen LogP contribution in [0.5, 0.6) is 0 Å². The van der Waals surface area contributed by atoms with Crippen molar-refractivity contribution in [3.05, 3.63) is 47.5 Å². The molecular weight excluding hydrogens is 1050 g/mol. The van der Waals surface area contributed by atoms with Crippen LogP contribution in [0.1, 0.15) is 357 Å². The molecule has 0 fully saturated rings. The molecule has 1 rings (SSSR count). The van der Waals surface area contributed by atoms with E-state index in [2.05, 4.69) is 297 Å². The van der Waals surface area contributed by atoms with Gasteiger partial charge in [-0.2, -0.15) is 11.8 Å². The summed E-state index contributed by atoms with van der Waals surface area (Å²) in [4.78, 5) is 11.5. The number of benzene rings is 1. The van der Waals surface area contributed by atoms with Crippen molar-refractivity contribution in [1.29, 1.82) is 0 Å². The van der Waals surface area contributed by atoms with Crippen molar-refractivity contribution in [2.24, 2.45) is 65.0 Å². The number of sulfone groups is 1. The average molecular weight is 1210 g/mol. The number of thioether (sulfide) groups is 1. The van der Waals surface area contributed by atoms with E-state index in [1.165, 1.54) is 99.7 Å². The van der Waals surface area contributed by atoms with Crippen LogP contribution in [0, 0.1) is 65.0 Å². The molecule has 0 aliphatic heterocycles. The summed E-state index contributed by atoms with van der Waals surface area (Å²) in [7, 11) is -2.85. The van der Waals surface area contributed by atoms with Gasteiger partial charge >= 0.3 is 0 Å². The predicted octanol–water partition coefficient (Wildman–Crippen LogP) is 26.4. The van der Waals surface area contributed by atoms with Crippen molar-refractivity contribution in [2.75, 3.05) is 23.0 Å². The molecule has 0 atom stereocenters. The minimum Gasteiger partial charge on any atom is -0.300 e. The smallest absolute Gasteiger partial charge is 0.150 e. The van der Waals surface area contributed by atoms with E-state index < -0.39 is 9.84 Å². The fourth-order valence-electron chi connectivity index (χ4n) is 7.70. The highest BCUT2D eigenvalue weighted by Crippen LogP contribution is 2.31. The molecule has 3 nitrogen and oxygen atoms in total. The van der Waals surface area contributed by atoms with Crippen LogP contribution in [0.4, 0.5) is 0 Å². The van der Waals surface area contributed by atoms with Gasteiger partial charge in [0.2, 0.25) is 0 Å². The number of carbonyl (C=O) groups is 1. The molecule has 0 unspecified atom stereocenters. The standard InChI is InChI=1S/C16H26.C14H28.C12H26O2S.C12H24O.C12H26S.C12H26/c1-15(2,3)11-13-9-7-8-10-14(13)12-16(4,5)6;1-13(2,3)11-9-7-8-10-12-14(4,5)6;1-11(2,3)7-9-15(13,14)10-8-12(4,5)6;1-11(2,3)8-7-10(13)9-12(4,5)6;1-11(2,3)7-9-13-10-8-12(4,5)6;1-11(2,3)9-7-8-10-12(4,5)6/h7-10H,11-12H2,1-6H3;7-8H,9-12H2,1-6H3;7-10H2,1-6H3;7-9H2,1-6H3;7-10H2,1-6H3;7-10H2,1-6H3/b;8-7-;;;;. The third-order valence-corrected chi connectivity index (χ3v) is 15.8. The van der Waals surface area contributed by atoms with Crippen LogP contribution in [-0.2, 0) is 27.5 Å². The normalized spacial score (nSPS) is 13.5. The maximum Gasteiger partial charge on any atom is 0.150 e. The Morgan fingerprint density at radius 2 is 0.614 bits per heavy atom. The zero-order valence-corrected chi connectivity index (χ0v) is 65.5. The molecule has 1 aromatic carbocycles. The number of rotatable bonds is 20. The Hall–Kier alpha value is -1.07. The first-order chi connectivity index (χ1) is 36.3. The third-order valence-electron chi connectivity index (χ3n) is 13.2. The van der Waals surface area contributed by atoms with Crippen LogP contribution in [0.3, 0.4) is 0 Å². The van der Waals surface area contributed by atoms with Crippen LogP contribution in [0.15, 0.2) is 36.4 Å². The molecule has 83 heavy (non-hydrogen) atoms. The van der Waals surface area contributed by atoms with E-state index in [4.69, 9.17) is 0 Å². The number of hydrogen-bond acceptors (Lipinski definition) is 4. The first-order valence-electron chi connectivity index (χ1n) is 33.3. The number of carbonyl (C=O) groups excluding carboxylic acids is 1. The quantitative estimate of drug-likeness (QED) is 0.0964. The molecule has 0 N–H and O–H groups in total. The van der Waals surface area contributed by atoms with Crippen molar-refractivity contribution >= 4 is 27.4 Å². The van der Waals surface area contributed by atoms with Crippen molar-refractivity contribution in [3.8, 4) is 0 Å².